The number of carbonyl (C=O) groups excluding carboxylic acids is 1. The second-order valence-corrected chi connectivity index (χ2v) is 5.83. The van der Waals surface area contributed by atoms with Gasteiger partial charge in [0.2, 0.25) is 5.79 Å². The molecule has 4 nitrogen and oxygen atoms in total. The lowest BCUT2D eigenvalue weighted by Gasteiger charge is -2.23. The van der Waals surface area contributed by atoms with E-state index in [4.69, 9.17) is 16.3 Å². The van der Waals surface area contributed by atoms with Crippen LogP contribution < -0.4 is 5.32 Å². The highest BCUT2D eigenvalue weighted by Gasteiger charge is 2.22. The SMILES string of the molecule is CSCC(NC(=O)OC(C)(C)O)c1ccccc1Cl. The van der Waals surface area contributed by atoms with Crippen LogP contribution >= 0.6 is 23.4 Å². The fourth-order valence-corrected chi connectivity index (χ4v) is 2.40. The smallest absolute Gasteiger partial charge is 0.410 e. The zero-order chi connectivity index (χ0) is 14.5. The summed E-state index contributed by atoms with van der Waals surface area (Å²) in [6.07, 6.45) is 1.26. The minimum absolute atomic E-state index is 0.265. The average Bonchev–Trinajstić information content (AvgIpc) is 2.26. The van der Waals surface area contributed by atoms with E-state index in [2.05, 4.69) is 5.32 Å². The number of hydrogen-bond acceptors (Lipinski definition) is 4. The molecular formula is C13H18ClNO3S. The van der Waals surface area contributed by atoms with Crippen LogP contribution in [0, 0.1) is 0 Å². The maximum atomic E-state index is 11.7. The second-order valence-electron chi connectivity index (χ2n) is 4.51. The molecule has 1 amide bonds. The lowest BCUT2D eigenvalue weighted by Crippen LogP contribution is -2.37. The van der Waals surface area contributed by atoms with Gasteiger partial charge in [-0.1, -0.05) is 29.8 Å². The first kappa shape index (κ1) is 16.1. The highest BCUT2D eigenvalue weighted by atomic mass is 35.5. The van der Waals surface area contributed by atoms with Gasteiger partial charge in [0.15, 0.2) is 0 Å². The van der Waals surface area contributed by atoms with E-state index in [1.54, 1.807) is 17.8 Å². The molecule has 0 aromatic heterocycles. The molecule has 0 saturated carbocycles. The number of nitrogens with one attached hydrogen (secondary N) is 1. The van der Waals surface area contributed by atoms with Crippen LogP contribution in [0.5, 0.6) is 0 Å². The molecule has 0 aliphatic heterocycles. The van der Waals surface area contributed by atoms with E-state index >= 15 is 0 Å². The maximum absolute atomic E-state index is 11.7. The van der Waals surface area contributed by atoms with Crippen molar-refractivity contribution in [1.29, 1.82) is 0 Å². The molecule has 0 bridgehead atoms. The fourth-order valence-electron chi connectivity index (χ4n) is 1.53. The molecule has 0 saturated heterocycles. The van der Waals surface area contributed by atoms with E-state index in [-0.39, 0.29) is 6.04 Å². The number of ether oxygens (including phenoxy) is 1. The van der Waals surface area contributed by atoms with Crippen molar-refractivity contribution in [2.45, 2.75) is 25.7 Å². The van der Waals surface area contributed by atoms with Crippen LogP contribution in [-0.4, -0.2) is 29.0 Å². The van der Waals surface area contributed by atoms with E-state index < -0.39 is 11.9 Å². The number of thioether (sulfide) groups is 1. The third kappa shape index (κ3) is 5.72. The quantitative estimate of drug-likeness (QED) is 0.820. The highest BCUT2D eigenvalue weighted by Crippen LogP contribution is 2.25. The van der Waals surface area contributed by atoms with Crippen LogP contribution in [0.4, 0.5) is 4.79 Å². The zero-order valence-corrected chi connectivity index (χ0v) is 12.7. The molecule has 0 aliphatic carbocycles. The number of alkyl carbamates (subject to hydrolysis) is 1. The standard InChI is InChI=1S/C13H18ClNO3S/c1-13(2,17)18-12(16)15-11(8-19-3)9-6-4-5-7-10(9)14/h4-7,11,17H,8H2,1-3H3,(H,15,16). The molecule has 1 rings (SSSR count). The number of aliphatic hydroxyl groups is 1. The molecule has 1 unspecified atom stereocenters. The Kier molecular flexibility index (Phi) is 5.97. The Morgan fingerprint density at radius 3 is 2.68 bits per heavy atom. The maximum Gasteiger partial charge on any atom is 0.410 e. The number of benzene rings is 1. The van der Waals surface area contributed by atoms with Crippen molar-refractivity contribution < 1.29 is 14.6 Å². The number of halogens is 1. The van der Waals surface area contributed by atoms with Gasteiger partial charge in [0, 0.05) is 24.6 Å². The summed E-state index contributed by atoms with van der Waals surface area (Å²) in [7, 11) is 0. The Labute approximate surface area is 122 Å². The molecule has 6 heteroatoms. The van der Waals surface area contributed by atoms with Crippen molar-refractivity contribution in [2.24, 2.45) is 0 Å². The van der Waals surface area contributed by atoms with Crippen molar-refractivity contribution >= 4 is 29.5 Å². The molecule has 0 heterocycles. The molecule has 106 valence electrons. The number of carbonyl (C=O) groups is 1. The van der Waals surface area contributed by atoms with E-state index in [1.165, 1.54) is 13.8 Å². The molecule has 19 heavy (non-hydrogen) atoms. The Morgan fingerprint density at radius 1 is 1.53 bits per heavy atom. The Bertz CT molecular complexity index is 434. The lowest BCUT2D eigenvalue weighted by atomic mass is 10.1. The molecule has 2 N–H and O–H groups in total. The first-order valence-electron chi connectivity index (χ1n) is 5.78. The summed E-state index contributed by atoms with van der Waals surface area (Å²) in [4.78, 5) is 11.7. The summed E-state index contributed by atoms with van der Waals surface area (Å²) >= 11 is 7.70. The van der Waals surface area contributed by atoms with E-state index in [9.17, 15) is 9.90 Å². The highest BCUT2D eigenvalue weighted by molar-refractivity contribution is 7.98. The van der Waals surface area contributed by atoms with Gasteiger partial charge < -0.3 is 15.2 Å². The normalized spacial score (nSPS) is 12.9. The molecule has 1 aromatic rings. The predicted molar refractivity (Wildman–Crippen MR) is 78.5 cm³/mol. The third-order valence-electron chi connectivity index (χ3n) is 2.25. The van der Waals surface area contributed by atoms with Gasteiger partial charge >= 0.3 is 6.09 Å². The summed E-state index contributed by atoms with van der Waals surface area (Å²) in [5.41, 5.74) is 0.825. The number of rotatable bonds is 5. The van der Waals surface area contributed by atoms with E-state index in [0.717, 1.165) is 5.56 Å². The Balaban J connectivity index is 2.79. The van der Waals surface area contributed by atoms with Gasteiger partial charge in [-0.2, -0.15) is 11.8 Å². The second kappa shape index (κ2) is 7.03. The summed E-state index contributed by atoms with van der Waals surface area (Å²) in [5.74, 6) is -0.848. The van der Waals surface area contributed by atoms with Crippen molar-refractivity contribution in [2.75, 3.05) is 12.0 Å². The average molecular weight is 304 g/mol. The Morgan fingerprint density at radius 2 is 2.16 bits per heavy atom. The molecular weight excluding hydrogens is 286 g/mol. The van der Waals surface area contributed by atoms with Crippen LogP contribution in [-0.2, 0) is 4.74 Å². The summed E-state index contributed by atoms with van der Waals surface area (Å²) in [6, 6.07) is 7.05. The van der Waals surface area contributed by atoms with Crippen LogP contribution in [0.15, 0.2) is 24.3 Å². The molecule has 0 spiro atoms. The summed E-state index contributed by atoms with van der Waals surface area (Å²) in [6.45, 7) is 2.79. The fraction of sp³-hybridized carbons (Fsp3) is 0.462. The predicted octanol–water partition coefficient (Wildman–Crippen LogP) is 3.20. The van der Waals surface area contributed by atoms with Crippen LogP contribution in [0.25, 0.3) is 0 Å². The van der Waals surface area contributed by atoms with Gasteiger partial charge in [-0.3, -0.25) is 0 Å². The number of hydrogen-bond donors (Lipinski definition) is 2. The number of amides is 1. The van der Waals surface area contributed by atoms with Crippen molar-refractivity contribution in [3.63, 3.8) is 0 Å². The first-order valence-corrected chi connectivity index (χ1v) is 7.56. The van der Waals surface area contributed by atoms with Gasteiger partial charge in [-0.15, -0.1) is 0 Å². The van der Waals surface area contributed by atoms with Gasteiger partial charge in [0.1, 0.15) is 0 Å². The van der Waals surface area contributed by atoms with Crippen molar-refractivity contribution in [3.05, 3.63) is 34.9 Å². The topological polar surface area (TPSA) is 58.6 Å². The summed E-state index contributed by atoms with van der Waals surface area (Å²) in [5, 5.41) is 12.7. The molecule has 1 aromatic carbocycles. The monoisotopic (exact) mass is 303 g/mol. The van der Waals surface area contributed by atoms with Crippen LogP contribution in [0.1, 0.15) is 25.5 Å². The third-order valence-corrected chi connectivity index (χ3v) is 3.26. The zero-order valence-electron chi connectivity index (χ0n) is 11.1. The molecule has 0 radical (unpaired) electrons. The van der Waals surface area contributed by atoms with Gasteiger partial charge in [0.05, 0.1) is 6.04 Å². The minimum Gasteiger partial charge on any atom is -0.418 e. The molecule has 0 aliphatic rings. The van der Waals surface area contributed by atoms with Gasteiger partial charge in [-0.05, 0) is 17.9 Å². The van der Waals surface area contributed by atoms with Crippen LogP contribution in [0.2, 0.25) is 5.02 Å². The van der Waals surface area contributed by atoms with Gasteiger partial charge in [-0.25, -0.2) is 4.79 Å². The van der Waals surface area contributed by atoms with E-state index in [1.807, 2.05) is 24.5 Å². The van der Waals surface area contributed by atoms with Gasteiger partial charge in [0.25, 0.3) is 0 Å². The molecule has 0 fully saturated rings. The van der Waals surface area contributed by atoms with E-state index in [0.29, 0.717) is 10.8 Å². The van der Waals surface area contributed by atoms with Crippen LogP contribution in [0.3, 0.4) is 0 Å². The largest absolute Gasteiger partial charge is 0.418 e. The lowest BCUT2D eigenvalue weighted by molar-refractivity contribution is -0.131. The minimum atomic E-state index is -1.51. The summed E-state index contributed by atoms with van der Waals surface area (Å²) < 4.78 is 4.83. The Hall–Kier alpha value is -0.910. The first-order chi connectivity index (χ1) is 8.83. The molecule has 1 atom stereocenters. The van der Waals surface area contributed by atoms with Crippen molar-refractivity contribution in [1.82, 2.24) is 5.32 Å². The van der Waals surface area contributed by atoms with Crippen molar-refractivity contribution in [3.8, 4) is 0 Å².